The summed E-state index contributed by atoms with van der Waals surface area (Å²) in [7, 11) is -0.853. The smallest absolute Gasteiger partial charge is 0.262 e. The summed E-state index contributed by atoms with van der Waals surface area (Å²) in [6.07, 6.45) is 0.690. The molecule has 2 aliphatic heterocycles. The number of hydrogen-bond acceptors (Lipinski definition) is 7. The van der Waals surface area contributed by atoms with Crippen molar-refractivity contribution in [2.75, 3.05) is 44.5 Å². The van der Waals surface area contributed by atoms with Gasteiger partial charge in [0, 0.05) is 37.2 Å². The third kappa shape index (κ3) is 5.02. The van der Waals surface area contributed by atoms with E-state index in [1.54, 1.807) is 25.1 Å². The maximum Gasteiger partial charge on any atom is 0.262 e. The van der Waals surface area contributed by atoms with Crippen LogP contribution in [0.1, 0.15) is 18.4 Å². The number of rotatable bonds is 6. The highest BCUT2D eigenvalue weighted by Gasteiger charge is 2.34. The lowest BCUT2D eigenvalue weighted by Crippen LogP contribution is -2.41. The third-order valence-corrected chi connectivity index (χ3v) is 8.42. The van der Waals surface area contributed by atoms with Crippen molar-refractivity contribution in [1.29, 1.82) is 0 Å². The van der Waals surface area contributed by atoms with Gasteiger partial charge in [0.25, 0.3) is 5.91 Å². The van der Waals surface area contributed by atoms with Crippen LogP contribution in [0.3, 0.4) is 0 Å². The highest BCUT2D eigenvalue weighted by atomic mass is 35.5. The number of hydrogen-bond donors (Lipinski definition) is 2. The molecule has 0 unspecified atom stereocenters. The van der Waals surface area contributed by atoms with Crippen molar-refractivity contribution in [3.05, 3.63) is 34.9 Å². The van der Waals surface area contributed by atoms with Crippen LogP contribution in [-0.2, 0) is 19.6 Å². The van der Waals surface area contributed by atoms with Gasteiger partial charge in [0.05, 0.1) is 29.8 Å². The molecule has 2 aromatic carbocycles. The molecule has 1 fully saturated rings. The predicted octanol–water partition coefficient (Wildman–Crippen LogP) is 3.04. The lowest BCUT2D eigenvalue weighted by Gasteiger charge is -2.31. The van der Waals surface area contributed by atoms with Crippen LogP contribution < -0.4 is 24.8 Å². The monoisotopic (exact) mass is 523 g/mol. The summed E-state index contributed by atoms with van der Waals surface area (Å²) in [5, 5.41) is 5.76. The zero-order chi connectivity index (χ0) is 25.3. The number of carbonyl (C=O) groups is 2. The van der Waals surface area contributed by atoms with Crippen molar-refractivity contribution in [3.63, 3.8) is 0 Å². The highest BCUT2D eigenvalue weighted by Crippen LogP contribution is 2.38. The summed E-state index contributed by atoms with van der Waals surface area (Å²) in [6, 6.07) is 6.22. The van der Waals surface area contributed by atoms with Crippen molar-refractivity contribution >= 4 is 44.8 Å². The van der Waals surface area contributed by atoms with E-state index in [0.29, 0.717) is 47.0 Å². The van der Waals surface area contributed by atoms with E-state index < -0.39 is 15.9 Å². The molecule has 12 heteroatoms. The minimum absolute atomic E-state index is 0.116. The Bertz CT molecular complexity index is 1270. The first-order chi connectivity index (χ1) is 16.6. The van der Waals surface area contributed by atoms with Crippen molar-refractivity contribution < 1.29 is 32.2 Å². The second-order valence-corrected chi connectivity index (χ2v) is 10.6. The van der Waals surface area contributed by atoms with Crippen LogP contribution in [0.5, 0.6) is 17.2 Å². The van der Waals surface area contributed by atoms with E-state index in [4.69, 9.17) is 25.8 Å². The second-order valence-electron chi connectivity index (χ2n) is 8.30. The Morgan fingerprint density at radius 1 is 1.17 bits per heavy atom. The molecule has 0 radical (unpaired) electrons. The summed E-state index contributed by atoms with van der Waals surface area (Å²) in [6.45, 7) is 1.86. The van der Waals surface area contributed by atoms with E-state index >= 15 is 0 Å². The van der Waals surface area contributed by atoms with Crippen LogP contribution in [0.25, 0.3) is 0 Å². The van der Waals surface area contributed by atoms with Gasteiger partial charge in [0.2, 0.25) is 15.9 Å². The molecule has 0 saturated carbocycles. The van der Waals surface area contributed by atoms with Gasteiger partial charge >= 0.3 is 0 Å². The molecule has 4 rings (SSSR count). The number of carbonyl (C=O) groups excluding carboxylic acids is 2. The zero-order valence-electron chi connectivity index (χ0n) is 19.5. The van der Waals surface area contributed by atoms with E-state index in [9.17, 15) is 18.0 Å². The van der Waals surface area contributed by atoms with Gasteiger partial charge in [-0.25, -0.2) is 8.42 Å². The minimum Gasteiger partial charge on any atom is -0.497 e. The van der Waals surface area contributed by atoms with Crippen LogP contribution in [-0.4, -0.2) is 58.5 Å². The van der Waals surface area contributed by atoms with Crippen LogP contribution in [0.4, 0.5) is 11.4 Å². The van der Waals surface area contributed by atoms with Gasteiger partial charge < -0.3 is 24.8 Å². The number of amides is 2. The lowest BCUT2D eigenvalue weighted by molar-refractivity contribution is -0.121. The number of ether oxygens (including phenoxy) is 3. The Kier molecular flexibility index (Phi) is 7.11. The standard InChI is InChI=1S/C23H26ClN3O7S/c1-13-8-17-18(34-12-21(28)25-17)11-20(13)35(30,31)27-6-4-14(5-7-27)23(29)26-22-16(24)9-15(32-2)10-19(22)33-3/h8-11,14H,4-7,12H2,1-3H3,(H,25,28)(H,26,29). The first-order valence-electron chi connectivity index (χ1n) is 10.9. The molecule has 0 spiro atoms. The van der Waals surface area contributed by atoms with Gasteiger partial charge in [-0.1, -0.05) is 11.6 Å². The second kappa shape index (κ2) is 9.92. The molecule has 0 aromatic heterocycles. The average molecular weight is 524 g/mol. The van der Waals surface area contributed by atoms with Crippen LogP contribution in [0, 0.1) is 12.8 Å². The number of nitrogens with zero attached hydrogens (tertiary/aromatic N) is 1. The Morgan fingerprint density at radius 3 is 2.54 bits per heavy atom. The molecule has 1 saturated heterocycles. The Morgan fingerprint density at radius 2 is 1.89 bits per heavy atom. The van der Waals surface area contributed by atoms with Crippen LogP contribution >= 0.6 is 11.6 Å². The molecular weight excluding hydrogens is 498 g/mol. The minimum atomic E-state index is -3.82. The summed E-state index contributed by atoms with van der Waals surface area (Å²) < 4.78 is 44.0. The summed E-state index contributed by atoms with van der Waals surface area (Å²) in [5.41, 5.74) is 1.28. The number of halogens is 1. The molecule has 188 valence electrons. The normalized spacial score (nSPS) is 16.6. The van der Waals surface area contributed by atoms with Crippen molar-refractivity contribution in [2.45, 2.75) is 24.7 Å². The number of sulfonamides is 1. The Labute approximate surface area is 208 Å². The number of anilines is 2. The SMILES string of the molecule is COc1cc(Cl)c(NC(=O)C2CCN(S(=O)(=O)c3cc4c(cc3C)NC(=O)CO4)CC2)c(OC)c1. The van der Waals surface area contributed by atoms with Crippen molar-refractivity contribution in [1.82, 2.24) is 4.31 Å². The summed E-state index contributed by atoms with van der Waals surface area (Å²) in [4.78, 5) is 24.6. The van der Waals surface area contributed by atoms with Crippen molar-refractivity contribution in [2.24, 2.45) is 5.92 Å². The van der Waals surface area contributed by atoms with Gasteiger partial charge in [0.1, 0.15) is 22.9 Å². The van der Waals surface area contributed by atoms with Crippen LogP contribution in [0.2, 0.25) is 5.02 Å². The van der Waals surface area contributed by atoms with Gasteiger partial charge in [-0.05, 0) is 31.4 Å². The number of fused-ring (bicyclic) bond motifs is 1. The molecule has 0 atom stereocenters. The van der Waals surface area contributed by atoms with E-state index in [-0.39, 0.29) is 41.4 Å². The van der Waals surface area contributed by atoms with E-state index in [0.717, 1.165) is 0 Å². The predicted molar refractivity (Wildman–Crippen MR) is 130 cm³/mol. The molecule has 0 aliphatic carbocycles. The fourth-order valence-electron chi connectivity index (χ4n) is 4.17. The van der Waals surface area contributed by atoms with E-state index in [1.165, 1.54) is 24.6 Å². The molecule has 2 N–H and O–H groups in total. The van der Waals surface area contributed by atoms with Crippen LogP contribution in [0.15, 0.2) is 29.2 Å². The largest absolute Gasteiger partial charge is 0.497 e. The highest BCUT2D eigenvalue weighted by molar-refractivity contribution is 7.89. The average Bonchev–Trinajstić information content (AvgIpc) is 2.84. The summed E-state index contributed by atoms with van der Waals surface area (Å²) in [5.74, 6) is 0.224. The number of nitrogens with one attached hydrogen (secondary N) is 2. The Balaban J connectivity index is 1.45. The van der Waals surface area contributed by atoms with Crippen molar-refractivity contribution in [3.8, 4) is 17.2 Å². The maximum absolute atomic E-state index is 13.4. The van der Waals surface area contributed by atoms with Gasteiger partial charge in [-0.2, -0.15) is 4.31 Å². The zero-order valence-corrected chi connectivity index (χ0v) is 21.1. The van der Waals surface area contributed by atoms with Gasteiger partial charge in [-0.15, -0.1) is 0 Å². The molecule has 2 aliphatic rings. The molecule has 10 nitrogen and oxygen atoms in total. The number of methoxy groups -OCH3 is 2. The first-order valence-corrected chi connectivity index (χ1v) is 12.8. The first kappa shape index (κ1) is 25.1. The molecule has 35 heavy (non-hydrogen) atoms. The lowest BCUT2D eigenvalue weighted by atomic mass is 9.97. The number of benzene rings is 2. The Hall–Kier alpha value is -3.02. The van der Waals surface area contributed by atoms with E-state index in [2.05, 4.69) is 10.6 Å². The third-order valence-electron chi connectivity index (χ3n) is 6.08. The fraction of sp³-hybridized carbons (Fsp3) is 0.391. The van der Waals surface area contributed by atoms with E-state index in [1.807, 2.05) is 0 Å². The molecule has 0 bridgehead atoms. The number of piperidine rings is 1. The number of aryl methyl sites for hydroxylation is 1. The topological polar surface area (TPSA) is 123 Å². The molecule has 2 aromatic rings. The molecule has 2 heterocycles. The summed E-state index contributed by atoms with van der Waals surface area (Å²) >= 11 is 6.30. The van der Waals surface area contributed by atoms with Gasteiger partial charge in [0.15, 0.2) is 6.61 Å². The maximum atomic E-state index is 13.4. The molecule has 2 amide bonds. The fourth-order valence-corrected chi connectivity index (χ4v) is 6.11. The van der Waals surface area contributed by atoms with Gasteiger partial charge in [-0.3, -0.25) is 9.59 Å². The molecular formula is C23H26ClN3O7S. The quantitative estimate of drug-likeness (QED) is 0.596.